The van der Waals surface area contributed by atoms with Gasteiger partial charge < -0.3 is 15.7 Å². The van der Waals surface area contributed by atoms with E-state index in [0.717, 1.165) is 19.3 Å². The Kier molecular flexibility index (Phi) is 5.86. The smallest absolute Gasteiger partial charge is 0.422 e. The third-order valence-electron chi connectivity index (χ3n) is 3.91. The third kappa shape index (κ3) is 4.78. The fraction of sp³-hybridized carbons (Fsp3) is 0.846. The van der Waals surface area contributed by atoms with Gasteiger partial charge in [-0.2, -0.15) is 13.2 Å². The Hall–Kier alpha value is -1.47. The van der Waals surface area contributed by atoms with Gasteiger partial charge in [0.05, 0.1) is 0 Å². The van der Waals surface area contributed by atoms with Crippen molar-refractivity contribution < 1.29 is 27.9 Å². The van der Waals surface area contributed by atoms with Crippen LogP contribution >= 0.6 is 0 Å². The SMILES string of the molecule is CC(NC(=O)NCCCC1CCCC1)(C(=O)O)C(F)(F)F. The second-order valence-electron chi connectivity index (χ2n) is 5.60. The van der Waals surface area contributed by atoms with E-state index in [9.17, 15) is 22.8 Å². The van der Waals surface area contributed by atoms with Gasteiger partial charge in [-0.15, -0.1) is 0 Å². The first-order valence-corrected chi connectivity index (χ1v) is 7.03. The van der Waals surface area contributed by atoms with E-state index >= 15 is 0 Å². The maximum atomic E-state index is 12.7. The number of aliphatic carboxylic acids is 1. The van der Waals surface area contributed by atoms with Crippen molar-refractivity contribution in [2.75, 3.05) is 6.54 Å². The van der Waals surface area contributed by atoms with Gasteiger partial charge in [-0.1, -0.05) is 25.7 Å². The molecule has 0 bridgehead atoms. The largest absolute Gasteiger partial charge is 0.479 e. The van der Waals surface area contributed by atoms with Gasteiger partial charge in [0, 0.05) is 6.54 Å². The molecule has 1 aliphatic carbocycles. The molecule has 0 aromatic rings. The van der Waals surface area contributed by atoms with E-state index in [-0.39, 0.29) is 6.54 Å². The number of carboxylic acid groups (broad SMARTS) is 1. The number of carbonyl (C=O) groups is 2. The molecule has 1 aliphatic rings. The average molecular weight is 310 g/mol. The minimum Gasteiger partial charge on any atom is -0.479 e. The molecule has 0 spiro atoms. The van der Waals surface area contributed by atoms with Gasteiger partial charge in [0.15, 0.2) is 0 Å². The number of carboxylic acids is 1. The van der Waals surface area contributed by atoms with Gasteiger partial charge in [-0.25, -0.2) is 9.59 Å². The van der Waals surface area contributed by atoms with Crippen LogP contribution in [0.3, 0.4) is 0 Å². The molecule has 2 amide bonds. The Morgan fingerprint density at radius 2 is 1.81 bits per heavy atom. The lowest BCUT2D eigenvalue weighted by molar-refractivity contribution is -0.203. The molecule has 1 atom stereocenters. The summed E-state index contributed by atoms with van der Waals surface area (Å²) < 4.78 is 38.1. The summed E-state index contributed by atoms with van der Waals surface area (Å²) in [6.07, 6.45) is 1.28. The molecule has 0 radical (unpaired) electrons. The highest BCUT2D eigenvalue weighted by molar-refractivity contribution is 5.86. The van der Waals surface area contributed by atoms with E-state index in [1.54, 1.807) is 0 Å². The van der Waals surface area contributed by atoms with Crippen molar-refractivity contribution in [2.24, 2.45) is 5.92 Å². The second kappa shape index (κ2) is 7.00. The zero-order chi connectivity index (χ0) is 16.1. The number of nitrogens with one attached hydrogen (secondary N) is 2. The minimum absolute atomic E-state index is 0.232. The van der Waals surface area contributed by atoms with Crippen molar-refractivity contribution in [1.29, 1.82) is 0 Å². The van der Waals surface area contributed by atoms with Crippen molar-refractivity contribution in [3.63, 3.8) is 0 Å². The van der Waals surface area contributed by atoms with E-state index in [1.165, 1.54) is 18.2 Å². The molecule has 0 aliphatic heterocycles. The highest BCUT2D eigenvalue weighted by Gasteiger charge is 2.58. The fourth-order valence-corrected chi connectivity index (χ4v) is 2.41. The van der Waals surface area contributed by atoms with Gasteiger partial charge in [-0.05, 0) is 25.7 Å². The lowest BCUT2D eigenvalue weighted by atomic mass is 10.0. The molecule has 3 N–H and O–H groups in total. The average Bonchev–Trinajstić information content (AvgIpc) is 2.86. The van der Waals surface area contributed by atoms with Crippen molar-refractivity contribution >= 4 is 12.0 Å². The predicted molar refractivity (Wildman–Crippen MR) is 69.8 cm³/mol. The van der Waals surface area contributed by atoms with E-state index < -0.39 is 23.7 Å². The summed E-state index contributed by atoms with van der Waals surface area (Å²) >= 11 is 0. The third-order valence-corrected chi connectivity index (χ3v) is 3.91. The van der Waals surface area contributed by atoms with Crippen LogP contribution in [0.2, 0.25) is 0 Å². The summed E-state index contributed by atoms with van der Waals surface area (Å²) in [5.74, 6) is -1.51. The first-order valence-electron chi connectivity index (χ1n) is 7.03. The van der Waals surface area contributed by atoms with Crippen LogP contribution in [0.5, 0.6) is 0 Å². The molecule has 1 rings (SSSR count). The molecule has 5 nitrogen and oxygen atoms in total. The number of hydrogen-bond donors (Lipinski definition) is 3. The van der Waals surface area contributed by atoms with Crippen LogP contribution in [-0.4, -0.2) is 35.4 Å². The predicted octanol–water partition coefficient (Wildman–Crippen LogP) is 2.66. The molecular weight excluding hydrogens is 289 g/mol. The Labute approximate surface area is 121 Å². The summed E-state index contributed by atoms with van der Waals surface area (Å²) in [4.78, 5) is 22.2. The Morgan fingerprint density at radius 1 is 1.24 bits per heavy atom. The summed E-state index contributed by atoms with van der Waals surface area (Å²) in [6.45, 7) is 0.656. The van der Waals surface area contributed by atoms with Gasteiger partial charge in [0.2, 0.25) is 5.54 Å². The maximum Gasteiger partial charge on any atom is 0.422 e. The summed E-state index contributed by atoms with van der Waals surface area (Å²) in [5.41, 5.74) is -3.29. The number of rotatable bonds is 6. The molecule has 1 unspecified atom stereocenters. The topological polar surface area (TPSA) is 78.4 Å². The number of amides is 2. The lowest BCUT2D eigenvalue weighted by Crippen LogP contribution is -2.63. The molecule has 0 heterocycles. The van der Waals surface area contributed by atoms with Gasteiger partial charge in [0.25, 0.3) is 0 Å². The standard InChI is InChI=1S/C13H21F3N2O3/c1-12(10(19)20,13(14,15)16)18-11(21)17-8-4-7-9-5-2-3-6-9/h9H,2-8H2,1H3,(H,19,20)(H2,17,18,21). The maximum absolute atomic E-state index is 12.7. The zero-order valence-corrected chi connectivity index (χ0v) is 11.9. The molecular formula is C13H21F3N2O3. The van der Waals surface area contributed by atoms with Crippen LogP contribution in [0.4, 0.5) is 18.0 Å². The van der Waals surface area contributed by atoms with Crippen LogP contribution in [0.25, 0.3) is 0 Å². The molecule has 122 valence electrons. The molecule has 0 aromatic heterocycles. The lowest BCUT2D eigenvalue weighted by Gasteiger charge is -2.28. The molecule has 0 saturated heterocycles. The molecule has 8 heteroatoms. The Balaban J connectivity index is 2.35. The first-order chi connectivity index (χ1) is 9.67. The summed E-state index contributed by atoms with van der Waals surface area (Å²) in [7, 11) is 0. The summed E-state index contributed by atoms with van der Waals surface area (Å²) in [6, 6.07) is -1.12. The van der Waals surface area contributed by atoms with Gasteiger partial charge in [-0.3, -0.25) is 0 Å². The Morgan fingerprint density at radius 3 is 2.29 bits per heavy atom. The fourth-order valence-electron chi connectivity index (χ4n) is 2.41. The van der Waals surface area contributed by atoms with Gasteiger partial charge in [0.1, 0.15) is 0 Å². The molecule has 1 fully saturated rings. The number of alkyl halides is 3. The molecule has 0 aromatic carbocycles. The highest BCUT2D eigenvalue weighted by Crippen LogP contribution is 2.30. The molecule has 1 saturated carbocycles. The molecule has 21 heavy (non-hydrogen) atoms. The minimum atomic E-state index is -5.07. The van der Waals surface area contributed by atoms with Crippen LogP contribution in [0.1, 0.15) is 45.4 Å². The summed E-state index contributed by atoms with van der Waals surface area (Å²) in [5, 5.41) is 12.4. The Bertz CT molecular complexity index is 381. The highest BCUT2D eigenvalue weighted by atomic mass is 19.4. The number of urea groups is 1. The number of carbonyl (C=O) groups excluding carboxylic acids is 1. The van der Waals surface area contributed by atoms with Crippen molar-refractivity contribution in [3.05, 3.63) is 0 Å². The van der Waals surface area contributed by atoms with E-state index in [2.05, 4.69) is 5.32 Å². The van der Waals surface area contributed by atoms with Crippen LogP contribution in [0, 0.1) is 5.92 Å². The van der Waals surface area contributed by atoms with E-state index in [0.29, 0.717) is 19.3 Å². The number of hydrogen-bond acceptors (Lipinski definition) is 2. The number of halogens is 3. The van der Waals surface area contributed by atoms with E-state index in [1.807, 2.05) is 0 Å². The van der Waals surface area contributed by atoms with E-state index in [4.69, 9.17) is 5.11 Å². The van der Waals surface area contributed by atoms with Crippen LogP contribution in [0.15, 0.2) is 0 Å². The van der Waals surface area contributed by atoms with Crippen LogP contribution < -0.4 is 10.6 Å². The monoisotopic (exact) mass is 310 g/mol. The van der Waals surface area contributed by atoms with Crippen molar-refractivity contribution in [2.45, 2.75) is 57.2 Å². The van der Waals surface area contributed by atoms with Crippen LogP contribution in [-0.2, 0) is 4.79 Å². The van der Waals surface area contributed by atoms with Gasteiger partial charge >= 0.3 is 18.2 Å². The normalized spacial score (nSPS) is 19.0. The first kappa shape index (κ1) is 17.6. The second-order valence-corrected chi connectivity index (χ2v) is 5.60. The zero-order valence-electron chi connectivity index (χ0n) is 11.9. The quantitative estimate of drug-likeness (QED) is 0.660. The van der Waals surface area contributed by atoms with Crippen molar-refractivity contribution in [1.82, 2.24) is 10.6 Å². The van der Waals surface area contributed by atoms with Crippen molar-refractivity contribution in [3.8, 4) is 0 Å².